The molecule has 2 rings (SSSR count). The van der Waals surface area contributed by atoms with E-state index >= 15 is 0 Å². The molecule has 0 fully saturated rings. The number of nitriles is 1. The summed E-state index contributed by atoms with van der Waals surface area (Å²) in [6.45, 7) is 2.30. The SMILES string of the molecule is CC(C(=O)Nc1cccc(C#N)c1)N(C)Cc1cccc(Cl)c1Cl. The quantitative estimate of drug-likeness (QED) is 0.862. The molecule has 0 radical (unpaired) electrons. The van der Waals surface area contributed by atoms with Crippen molar-refractivity contribution in [3.63, 3.8) is 0 Å². The van der Waals surface area contributed by atoms with Crippen molar-refractivity contribution in [2.24, 2.45) is 0 Å². The molecule has 0 aliphatic carbocycles. The van der Waals surface area contributed by atoms with Crippen molar-refractivity contribution in [2.75, 3.05) is 12.4 Å². The summed E-state index contributed by atoms with van der Waals surface area (Å²) in [5, 5.41) is 12.7. The van der Waals surface area contributed by atoms with E-state index in [0.717, 1.165) is 5.56 Å². The van der Waals surface area contributed by atoms with Gasteiger partial charge < -0.3 is 5.32 Å². The van der Waals surface area contributed by atoms with Crippen molar-refractivity contribution in [1.82, 2.24) is 4.90 Å². The Labute approximate surface area is 151 Å². The van der Waals surface area contributed by atoms with Gasteiger partial charge in [-0.15, -0.1) is 0 Å². The molecule has 2 aromatic rings. The van der Waals surface area contributed by atoms with Gasteiger partial charge in [0.15, 0.2) is 0 Å². The van der Waals surface area contributed by atoms with Crippen molar-refractivity contribution in [3.05, 3.63) is 63.6 Å². The van der Waals surface area contributed by atoms with Crippen molar-refractivity contribution in [1.29, 1.82) is 5.26 Å². The Bertz CT molecular complexity index is 786. The Kier molecular flexibility index (Phi) is 6.22. The van der Waals surface area contributed by atoms with Crippen molar-refractivity contribution in [2.45, 2.75) is 19.5 Å². The third-order valence-corrected chi connectivity index (χ3v) is 4.61. The topological polar surface area (TPSA) is 56.1 Å². The predicted molar refractivity (Wildman–Crippen MR) is 97.2 cm³/mol. The number of hydrogen-bond donors (Lipinski definition) is 1. The van der Waals surface area contributed by atoms with Gasteiger partial charge in [-0.25, -0.2) is 0 Å². The minimum Gasteiger partial charge on any atom is -0.325 e. The molecule has 1 atom stereocenters. The van der Waals surface area contributed by atoms with Crippen LogP contribution in [0.1, 0.15) is 18.1 Å². The van der Waals surface area contributed by atoms with Crippen LogP contribution in [0.15, 0.2) is 42.5 Å². The van der Waals surface area contributed by atoms with Crippen LogP contribution in [0, 0.1) is 11.3 Å². The fourth-order valence-electron chi connectivity index (χ4n) is 2.19. The van der Waals surface area contributed by atoms with Gasteiger partial charge in [0, 0.05) is 12.2 Å². The number of rotatable bonds is 5. The molecule has 124 valence electrons. The first-order valence-electron chi connectivity index (χ1n) is 7.36. The lowest BCUT2D eigenvalue weighted by Crippen LogP contribution is -2.39. The van der Waals surface area contributed by atoms with Crippen molar-refractivity contribution in [3.8, 4) is 6.07 Å². The summed E-state index contributed by atoms with van der Waals surface area (Å²) in [6, 6.07) is 13.9. The van der Waals surface area contributed by atoms with Crippen LogP contribution in [0.2, 0.25) is 10.0 Å². The molecule has 2 aromatic carbocycles. The Morgan fingerprint density at radius 3 is 2.71 bits per heavy atom. The summed E-state index contributed by atoms with van der Waals surface area (Å²) in [5.41, 5.74) is 1.96. The van der Waals surface area contributed by atoms with E-state index in [1.165, 1.54) is 0 Å². The van der Waals surface area contributed by atoms with Crippen LogP contribution in [0.25, 0.3) is 0 Å². The smallest absolute Gasteiger partial charge is 0.241 e. The van der Waals surface area contributed by atoms with Crippen LogP contribution < -0.4 is 5.32 Å². The highest BCUT2D eigenvalue weighted by Crippen LogP contribution is 2.26. The lowest BCUT2D eigenvalue weighted by atomic mass is 10.1. The Morgan fingerprint density at radius 2 is 2.00 bits per heavy atom. The largest absolute Gasteiger partial charge is 0.325 e. The number of benzene rings is 2. The van der Waals surface area contributed by atoms with Gasteiger partial charge in [-0.1, -0.05) is 41.4 Å². The Morgan fingerprint density at radius 1 is 1.29 bits per heavy atom. The molecule has 6 heteroatoms. The van der Waals surface area contributed by atoms with Crippen molar-refractivity contribution >= 4 is 34.8 Å². The van der Waals surface area contributed by atoms with E-state index in [1.54, 1.807) is 30.3 Å². The number of amides is 1. The molecule has 0 bridgehead atoms. The summed E-state index contributed by atoms with van der Waals surface area (Å²) in [7, 11) is 1.84. The van der Waals surface area contributed by atoms with E-state index in [9.17, 15) is 4.79 Å². The number of anilines is 1. The van der Waals surface area contributed by atoms with Crippen LogP contribution in [0.4, 0.5) is 5.69 Å². The van der Waals surface area contributed by atoms with Crippen LogP contribution in [-0.2, 0) is 11.3 Å². The molecule has 1 N–H and O–H groups in total. The van der Waals surface area contributed by atoms with Gasteiger partial charge >= 0.3 is 0 Å². The third-order valence-electron chi connectivity index (χ3n) is 3.75. The molecule has 0 aliphatic rings. The van der Waals surface area contributed by atoms with Gasteiger partial charge in [-0.05, 0) is 43.8 Å². The molecular weight excluding hydrogens is 345 g/mol. The molecule has 0 aliphatic heterocycles. The van der Waals surface area contributed by atoms with E-state index in [2.05, 4.69) is 5.32 Å². The lowest BCUT2D eigenvalue weighted by molar-refractivity contribution is -0.120. The maximum atomic E-state index is 12.4. The number of halogens is 2. The molecule has 0 aromatic heterocycles. The zero-order chi connectivity index (χ0) is 17.7. The fraction of sp³-hybridized carbons (Fsp3) is 0.222. The average Bonchev–Trinajstić information content (AvgIpc) is 2.58. The average molecular weight is 362 g/mol. The normalized spacial score (nSPS) is 11.8. The monoisotopic (exact) mass is 361 g/mol. The van der Waals surface area contributed by atoms with Gasteiger partial charge in [0.1, 0.15) is 0 Å². The number of hydrogen-bond acceptors (Lipinski definition) is 3. The molecule has 1 amide bonds. The minimum absolute atomic E-state index is 0.161. The molecule has 4 nitrogen and oxygen atoms in total. The Hall–Kier alpha value is -2.06. The highest BCUT2D eigenvalue weighted by atomic mass is 35.5. The second-order valence-electron chi connectivity index (χ2n) is 5.49. The zero-order valence-electron chi connectivity index (χ0n) is 13.4. The van der Waals surface area contributed by atoms with E-state index in [0.29, 0.717) is 27.8 Å². The predicted octanol–water partition coefficient (Wildman–Crippen LogP) is 4.32. The van der Waals surface area contributed by atoms with Crippen LogP contribution in [-0.4, -0.2) is 23.9 Å². The summed E-state index contributed by atoms with van der Waals surface area (Å²) in [6.07, 6.45) is 0. The van der Waals surface area contributed by atoms with Gasteiger partial charge in [0.2, 0.25) is 5.91 Å². The number of carbonyl (C=O) groups excluding carboxylic acids is 1. The van der Waals surface area contributed by atoms with Crippen LogP contribution in [0.3, 0.4) is 0 Å². The highest BCUT2D eigenvalue weighted by Gasteiger charge is 2.19. The van der Waals surface area contributed by atoms with Crippen molar-refractivity contribution < 1.29 is 4.79 Å². The second kappa shape index (κ2) is 8.16. The first-order chi connectivity index (χ1) is 11.4. The molecule has 24 heavy (non-hydrogen) atoms. The van der Waals surface area contributed by atoms with Gasteiger partial charge in [-0.2, -0.15) is 5.26 Å². The summed E-state index contributed by atoms with van der Waals surface area (Å²) in [4.78, 5) is 14.3. The summed E-state index contributed by atoms with van der Waals surface area (Å²) >= 11 is 12.2. The zero-order valence-corrected chi connectivity index (χ0v) is 14.9. The maximum Gasteiger partial charge on any atom is 0.241 e. The second-order valence-corrected chi connectivity index (χ2v) is 6.27. The number of likely N-dealkylation sites (N-methyl/N-ethyl adjacent to an activating group) is 1. The van der Waals surface area contributed by atoms with Gasteiger partial charge in [0.25, 0.3) is 0 Å². The first kappa shape index (κ1) is 18.3. The molecule has 0 heterocycles. The van der Waals surface area contributed by atoms with E-state index in [-0.39, 0.29) is 11.9 Å². The van der Waals surface area contributed by atoms with Gasteiger partial charge in [0.05, 0.1) is 27.7 Å². The number of nitrogens with one attached hydrogen (secondary N) is 1. The molecule has 0 spiro atoms. The Balaban J connectivity index is 2.04. The summed E-state index contributed by atoms with van der Waals surface area (Å²) in [5.74, 6) is -0.161. The third kappa shape index (κ3) is 4.48. The van der Waals surface area contributed by atoms with Crippen LogP contribution in [0.5, 0.6) is 0 Å². The minimum atomic E-state index is -0.384. The molecule has 1 unspecified atom stereocenters. The maximum absolute atomic E-state index is 12.4. The van der Waals surface area contributed by atoms with E-state index in [4.69, 9.17) is 28.5 Å². The highest BCUT2D eigenvalue weighted by molar-refractivity contribution is 6.42. The summed E-state index contributed by atoms with van der Waals surface area (Å²) < 4.78 is 0. The standard InChI is InChI=1S/C18H17Cl2N3O/c1-12(18(24)22-15-7-3-5-13(9-15)10-21)23(2)11-14-6-4-8-16(19)17(14)20/h3-9,12H,11H2,1-2H3,(H,22,24). The molecular formula is C18H17Cl2N3O. The van der Waals surface area contributed by atoms with Crippen LogP contribution >= 0.6 is 23.2 Å². The number of nitrogens with zero attached hydrogens (tertiary/aromatic N) is 2. The van der Waals surface area contributed by atoms with E-state index < -0.39 is 0 Å². The van der Waals surface area contributed by atoms with E-state index in [1.807, 2.05) is 37.1 Å². The number of carbonyl (C=O) groups is 1. The molecule has 0 saturated carbocycles. The lowest BCUT2D eigenvalue weighted by Gasteiger charge is -2.24. The van der Waals surface area contributed by atoms with Gasteiger partial charge in [-0.3, -0.25) is 9.69 Å². The fourth-order valence-corrected chi connectivity index (χ4v) is 2.57. The first-order valence-corrected chi connectivity index (χ1v) is 8.12. The molecule has 0 saturated heterocycles.